The molecule has 6 nitrogen and oxygen atoms in total. The monoisotopic (exact) mass is 349 g/mol. The minimum absolute atomic E-state index is 0.0623. The molecule has 26 heavy (non-hydrogen) atoms. The summed E-state index contributed by atoms with van der Waals surface area (Å²) in [5.41, 5.74) is 2.19. The van der Waals surface area contributed by atoms with Gasteiger partial charge < -0.3 is 14.8 Å². The SMILES string of the molecule is C[C@H](c1cccnc1)N(C)C(=O)NCc1nccn1Cc1ccccc1. The van der Waals surface area contributed by atoms with Gasteiger partial charge in [0, 0.05) is 38.4 Å². The molecule has 0 spiro atoms. The van der Waals surface area contributed by atoms with Gasteiger partial charge in [-0.3, -0.25) is 4.98 Å². The minimum Gasteiger partial charge on any atom is -0.331 e. The fourth-order valence-electron chi connectivity index (χ4n) is 2.73. The lowest BCUT2D eigenvalue weighted by atomic mass is 10.1. The summed E-state index contributed by atoms with van der Waals surface area (Å²) in [6.07, 6.45) is 7.19. The first kappa shape index (κ1) is 17.7. The van der Waals surface area contributed by atoms with Crippen LogP contribution in [0.5, 0.6) is 0 Å². The van der Waals surface area contributed by atoms with Crippen LogP contribution >= 0.6 is 0 Å². The van der Waals surface area contributed by atoms with Crippen LogP contribution in [0.25, 0.3) is 0 Å². The minimum atomic E-state index is -0.143. The van der Waals surface area contributed by atoms with Crippen LogP contribution in [0, 0.1) is 0 Å². The molecular weight excluding hydrogens is 326 g/mol. The number of imidazole rings is 1. The molecule has 0 radical (unpaired) electrons. The first-order valence-electron chi connectivity index (χ1n) is 8.59. The van der Waals surface area contributed by atoms with Crippen LogP contribution in [-0.2, 0) is 13.1 Å². The Labute approximate surface area is 153 Å². The molecule has 2 heterocycles. The number of carbonyl (C=O) groups excluding carboxylic acids is 1. The molecule has 0 aliphatic rings. The number of benzene rings is 1. The van der Waals surface area contributed by atoms with Crippen molar-refractivity contribution in [3.05, 3.63) is 84.2 Å². The Morgan fingerprint density at radius 3 is 2.73 bits per heavy atom. The van der Waals surface area contributed by atoms with Crippen molar-refractivity contribution in [3.63, 3.8) is 0 Å². The van der Waals surface area contributed by atoms with Crippen molar-refractivity contribution in [1.29, 1.82) is 0 Å². The predicted octanol–water partition coefficient (Wildman–Crippen LogP) is 3.23. The van der Waals surface area contributed by atoms with Gasteiger partial charge in [-0.25, -0.2) is 9.78 Å². The van der Waals surface area contributed by atoms with E-state index in [0.29, 0.717) is 6.54 Å². The molecule has 0 bridgehead atoms. The van der Waals surface area contributed by atoms with E-state index >= 15 is 0 Å². The molecule has 1 atom stereocenters. The lowest BCUT2D eigenvalue weighted by molar-refractivity contribution is 0.193. The van der Waals surface area contributed by atoms with Crippen molar-refractivity contribution in [1.82, 2.24) is 24.8 Å². The maximum Gasteiger partial charge on any atom is 0.318 e. The third kappa shape index (κ3) is 4.27. The summed E-state index contributed by atoms with van der Waals surface area (Å²) in [6.45, 7) is 3.09. The molecule has 6 heteroatoms. The number of amides is 2. The van der Waals surface area contributed by atoms with Gasteiger partial charge in [-0.15, -0.1) is 0 Å². The second-order valence-electron chi connectivity index (χ2n) is 6.19. The summed E-state index contributed by atoms with van der Waals surface area (Å²) in [4.78, 5) is 22.6. The first-order valence-corrected chi connectivity index (χ1v) is 8.59. The first-order chi connectivity index (χ1) is 12.6. The molecule has 1 aromatic carbocycles. The summed E-state index contributed by atoms with van der Waals surface area (Å²) < 4.78 is 2.04. The highest BCUT2D eigenvalue weighted by Crippen LogP contribution is 2.17. The topological polar surface area (TPSA) is 63.1 Å². The van der Waals surface area contributed by atoms with Gasteiger partial charge in [0.25, 0.3) is 0 Å². The molecule has 3 aromatic rings. The van der Waals surface area contributed by atoms with Crippen LogP contribution in [0.3, 0.4) is 0 Å². The highest BCUT2D eigenvalue weighted by molar-refractivity contribution is 5.74. The number of nitrogens with one attached hydrogen (secondary N) is 1. The van der Waals surface area contributed by atoms with E-state index in [1.807, 2.05) is 48.0 Å². The number of hydrogen-bond acceptors (Lipinski definition) is 3. The van der Waals surface area contributed by atoms with E-state index in [1.165, 1.54) is 5.56 Å². The van der Waals surface area contributed by atoms with Gasteiger partial charge >= 0.3 is 6.03 Å². The van der Waals surface area contributed by atoms with Crippen LogP contribution in [0.1, 0.15) is 29.9 Å². The van der Waals surface area contributed by atoms with Crippen molar-refractivity contribution in [3.8, 4) is 0 Å². The molecule has 0 fully saturated rings. The number of nitrogens with zero attached hydrogens (tertiary/aromatic N) is 4. The highest BCUT2D eigenvalue weighted by atomic mass is 16.2. The lowest BCUT2D eigenvalue weighted by Crippen LogP contribution is -2.38. The number of carbonyl (C=O) groups is 1. The van der Waals surface area contributed by atoms with E-state index in [2.05, 4.69) is 27.4 Å². The molecule has 3 rings (SSSR count). The molecule has 0 aliphatic carbocycles. The van der Waals surface area contributed by atoms with E-state index in [1.54, 1.807) is 30.5 Å². The number of aromatic nitrogens is 3. The molecule has 0 saturated carbocycles. The lowest BCUT2D eigenvalue weighted by Gasteiger charge is -2.25. The Balaban J connectivity index is 1.59. The fourth-order valence-corrected chi connectivity index (χ4v) is 2.73. The standard InChI is InChI=1S/C20H23N5O/c1-16(18-9-6-10-21-13-18)24(2)20(26)23-14-19-22-11-12-25(19)15-17-7-4-3-5-8-17/h3-13,16H,14-15H2,1-2H3,(H,23,26)/t16-/m1/s1. The van der Waals surface area contributed by atoms with Gasteiger partial charge in [-0.2, -0.15) is 0 Å². The summed E-state index contributed by atoms with van der Waals surface area (Å²) >= 11 is 0. The maximum absolute atomic E-state index is 12.5. The molecule has 1 N–H and O–H groups in total. The zero-order valence-electron chi connectivity index (χ0n) is 15.0. The summed E-state index contributed by atoms with van der Waals surface area (Å²) in [5.74, 6) is 0.824. The molecule has 2 amide bonds. The van der Waals surface area contributed by atoms with Crippen molar-refractivity contribution < 1.29 is 4.79 Å². The Morgan fingerprint density at radius 2 is 2.00 bits per heavy atom. The normalized spacial score (nSPS) is 11.8. The van der Waals surface area contributed by atoms with Crippen molar-refractivity contribution in [2.45, 2.75) is 26.1 Å². The molecule has 0 aliphatic heterocycles. The van der Waals surface area contributed by atoms with Crippen molar-refractivity contribution in [2.75, 3.05) is 7.05 Å². The number of rotatable bonds is 6. The largest absolute Gasteiger partial charge is 0.331 e. The highest BCUT2D eigenvalue weighted by Gasteiger charge is 2.17. The maximum atomic E-state index is 12.5. The molecule has 0 saturated heterocycles. The van der Waals surface area contributed by atoms with Crippen LogP contribution in [0.15, 0.2) is 67.3 Å². The Morgan fingerprint density at radius 1 is 1.19 bits per heavy atom. The second-order valence-corrected chi connectivity index (χ2v) is 6.19. The molecule has 0 unspecified atom stereocenters. The second kappa shape index (κ2) is 8.29. The van der Waals surface area contributed by atoms with E-state index in [4.69, 9.17) is 0 Å². The Kier molecular flexibility index (Phi) is 5.63. The number of pyridine rings is 1. The van der Waals surface area contributed by atoms with Gasteiger partial charge in [0.1, 0.15) is 5.82 Å². The number of urea groups is 1. The van der Waals surface area contributed by atoms with Gasteiger partial charge in [-0.05, 0) is 24.1 Å². The van der Waals surface area contributed by atoms with E-state index in [-0.39, 0.29) is 12.1 Å². The van der Waals surface area contributed by atoms with Crippen LogP contribution < -0.4 is 5.32 Å². The predicted molar refractivity (Wildman–Crippen MR) is 100 cm³/mol. The summed E-state index contributed by atoms with van der Waals surface area (Å²) in [7, 11) is 1.78. The van der Waals surface area contributed by atoms with Gasteiger partial charge in [0.05, 0.1) is 12.6 Å². The van der Waals surface area contributed by atoms with E-state index < -0.39 is 0 Å². The van der Waals surface area contributed by atoms with Crippen LogP contribution in [0.4, 0.5) is 4.79 Å². The van der Waals surface area contributed by atoms with Gasteiger partial charge in [0.2, 0.25) is 0 Å². The van der Waals surface area contributed by atoms with E-state index in [0.717, 1.165) is 17.9 Å². The third-order valence-corrected chi connectivity index (χ3v) is 4.46. The Bertz CT molecular complexity index is 832. The quantitative estimate of drug-likeness (QED) is 0.743. The zero-order chi connectivity index (χ0) is 18.4. The van der Waals surface area contributed by atoms with Gasteiger partial charge in [0.15, 0.2) is 0 Å². The molecule has 2 aromatic heterocycles. The van der Waals surface area contributed by atoms with Gasteiger partial charge in [-0.1, -0.05) is 36.4 Å². The fraction of sp³-hybridized carbons (Fsp3) is 0.250. The summed E-state index contributed by atoms with van der Waals surface area (Å²) in [6, 6.07) is 13.8. The average Bonchev–Trinajstić information content (AvgIpc) is 3.13. The third-order valence-electron chi connectivity index (χ3n) is 4.46. The summed E-state index contributed by atoms with van der Waals surface area (Å²) in [5, 5.41) is 2.94. The smallest absolute Gasteiger partial charge is 0.318 e. The zero-order valence-corrected chi connectivity index (χ0v) is 15.0. The number of hydrogen-bond donors (Lipinski definition) is 1. The Hall–Kier alpha value is -3.15. The van der Waals surface area contributed by atoms with Crippen molar-refractivity contribution in [2.24, 2.45) is 0 Å². The average molecular weight is 349 g/mol. The van der Waals surface area contributed by atoms with E-state index in [9.17, 15) is 4.79 Å². The van der Waals surface area contributed by atoms with Crippen LogP contribution in [0.2, 0.25) is 0 Å². The molecular formula is C20H23N5O. The van der Waals surface area contributed by atoms with Crippen LogP contribution in [-0.4, -0.2) is 32.5 Å². The molecule has 134 valence electrons. The van der Waals surface area contributed by atoms with Crippen molar-refractivity contribution >= 4 is 6.03 Å².